The van der Waals surface area contributed by atoms with Gasteiger partial charge in [0.2, 0.25) is 5.78 Å². The SMILES string of the molecule is COC(=O)c1cc2c3c(c(O)c(OC)c2[nH]1)N(C(=O)c1cc2c4c(c(O)c(OC)c2[nH]1)N(C(=O)c1cc2c([nH]1)C(=O)C=C1N(C(=O)OC(C)(C)C)C[C@@H]5C[C@@]125)CC4)CC3. The van der Waals surface area contributed by atoms with Crippen LogP contribution in [0.5, 0.6) is 23.0 Å². The van der Waals surface area contributed by atoms with Crippen molar-refractivity contribution in [1.82, 2.24) is 19.9 Å². The van der Waals surface area contributed by atoms with E-state index in [9.17, 15) is 34.2 Å². The van der Waals surface area contributed by atoms with Crippen molar-refractivity contribution < 1.29 is 53.1 Å². The van der Waals surface area contributed by atoms with Gasteiger partial charge >= 0.3 is 12.1 Å². The summed E-state index contributed by atoms with van der Waals surface area (Å²) in [5, 5.41) is 24.3. The number of carbonyl (C=O) groups excluding carboxylic acids is 5. The summed E-state index contributed by atoms with van der Waals surface area (Å²) in [5.74, 6) is -2.32. The van der Waals surface area contributed by atoms with Crippen molar-refractivity contribution in [3.05, 3.63) is 69.4 Å². The van der Waals surface area contributed by atoms with Gasteiger partial charge in [-0.3, -0.25) is 19.3 Å². The molecule has 17 nitrogen and oxygen atoms in total. The number of nitrogens with one attached hydrogen (secondary N) is 3. The van der Waals surface area contributed by atoms with Crippen LogP contribution < -0.4 is 19.3 Å². The number of benzene rings is 2. The number of ether oxygens (including phenoxy) is 4. The number of H-pyrrole nitrogens is 3. The summed E-state index contributed by atoms with van der Waals surface area (Å²) in [6, 6.07) is 4.94. The molecule has 304 valence electrons. The van der Waals surface area contributed by atoms with Crippen molar-refractivity contribution in [2.45, 2.75) is 51.0 Å². The number of hydrogen-bond acceptors (Lipinski definition) is 11. The number of aromatic hydroxyl groups is 2. The minimum absolute atomic E-state index is 0.0240. The number of nitrogens with zero attached hydrogens (tertiary/aromatic N) is 3. The predicted octanol–water partition coefficient (Wildman–Crippen LogP) is 5.19. The second-order valence-corrected chi connectivity index (χ2v) is 16.6. The number of allylic oxidation sites excluding steroid dienone is 2. The topological polar surface area (TPSA) is 220 Å². The molecule has 2 atom stereocenters. The van der Waals surface area contributed by atoms with Gasteiger partial charge in [-0.25, -0.2) is 9.59 Å². The number of anilines is 2. The average molecular weight is 805 g/mol. The Kier molecular flexibility index (Phi) is 7.45. The Morgan fingerprint density at radius 3 is 1.86 bits per heavy atom. The number of rotatable bonds is 5. The zero-order chi connectivity index (χ0) is 41.6. The summed E-state index contributed by atoms with van der Waals surface area (Å²) in [5.41, 5.74) is 3.16. The van der Waals surface area contributed by atoms with E-state index in [0.29, 0.717) is 69.3 Å². The van der Waals surface area contributed by atoms with Crippen LogP contribution in [0.2, 0.25) is 0 Å². The summed E-state index contributed by atoms with van der Waals surface area (Å²) in [4.78, 5) is 81.3. The third-order valence-electron chi connectivity index (χ3n) is 12.3. The molecule has 0 radical (unpaired) electrons. The number of methoxy groups -OCH3 is 3. The number of aromatic amines is 3. The van der Waals surface area contributed by atoms with Gasteiger partial charge in [-0.15, -0.1) is 0 Å². The molecule has 1 spiro atoms. The molecule has 6 heterocycles. The maximum absolute atomic E-state index is 14.4. The van der Waals surface area contributed by atoms with Crippen LogP contribution in [0.3, 0.4) is 0 Å². The van der Waals surface area contributed by atoms with Crippen LogP contribution in [0.25, 0.3) is 21.8 Å². The summed E-state index contributed by atoms with van der Waals surface area (Å²) in [7, 11) is 4.01. The normalized spacial score (nSPS) is 20.0. The lowest BCUT2D eigenvalue weighted by Crippen LogP contribution is -2.37. The Balaban J connectivity index is 0.984. The van der Waals surface area contributed by atoms with Crippen LogP contribution in [-0.4, -0.2) is 106 Å². The van der Waals surface area contributed by atoms with Gasteiger partial charge in [0.05, 0.1) is 49.4 Å². The fourth-order valence-corrected chi connectivity index (χ4v) is 9.82. The third-order valence-corrected chi connectivity index (χ3v) is 12.3. The van der Waals surface area contributed by atoms with E-state index in [1.54, 1.807) is 39.0 Å². The standard InChI is InChI=1S/C42H40N6O11/c1-41(2,3)59-40(55)48-16-17-15-42(17)22-13-24(44-30(22)26(49)14-27(42)48)38(53)47-10-7-18-20-11-23(43-28(20)35(56-4)33(50)31(18)47)37(52)46-9-8-19-21-12-25(39(54)58-6)45-29(21)36(57-5)34(51)32(19)46/h11-14,17,43-45,50-51H,7-10,15-16H2,1-6H3/t17-,42-/m0/s1. The molecule has 3 aromatic heterocycles. The van der Waals surface area contributed by atoms with E-state index in [0.717, 1.165) is 6.42 Å². The van der Waals surface area contributed by atoms with Gasteiger partial charge in [-0.05, 0) is 80.8 Å². The lowest BCUT2D eigenvalue weighted by molar-refractivity contribution is 0.0321. The summed E-state index contributed by atoms with van der Waals surface area (Å²) < 4.78 is 21.7. The maximum Gasteiger partial charge on any atom is 0.414 e. The summed E-state index contributed by atoms with van der Waals surface area (Å²) in [6.45, 7) is 6.16. The molecule has 0 unspecified atom stereocenters. The van der Waals surface area contributed by atoms with Crippen LogP contribution in [0.15, 0.2) is 30.0 Å². The molecule has 3 amide bonds. The minimum atomic E-state index is -0.715. The largest absolute Gasteiger partial charge is 0.503 e. The number of phenols is 2. The number of hydrogen-bond donors (Lipinski definition) is 5. The molecule has 2 fully saturated rings. The van der Waals surface area contributed by atoms with Gasteiger partial charge in [0.1, 0.15) is 22.7 Å². The number of ketones is 1. The zero-order valence-electron chi connectivity index (χ0n) is 33.0. The van der Waals surface area contributed by atoms with Crippen LogP contribution in [0.1, 0.15) is 85.8 Å². The fourth-order valence-electron chi connectivity index (χ4n) is 9.82. The molecule has 2 aliphatic carbocycles. The highest BCUT2D eigenvalue weighted by atomic mass is 16.6. The Bertz CT molecular complexity index is 2820. The predicted molar refractivity (Wildman–Crippen MR) is 211 cm³/mol. The van der Waals surface area contributed by atoms with Gasteiger partial charge in [-0.2, -0.15) is 0 Å². The Labute approximate surface area is 335 Å². The number of esters is 1. The van der Waals surface area contributed by atoms with Crippen molar-refractivity contribution >= 4 is 62.8 Å². The highest BCUT2D eigenvalue weighted by molar-refractivity contribution is 6.16. The molecule has 3 aliphatic heterocycles. The summed E-state index contributed by atoms with van der Waals surface area (Å²) >= 11 is 0. The first-order valence-electron chi connectivity index (χ1n) is 19.2. The smallest absolute Gasteiger partial charge is 0.414 e. The van der Waals surface area contributed by atoms with Crippen LogP contribution in [0.4, 0.5) is 16.2 Å². The van der Waals surface area contributed by atoms with E-state index < -0.39 is 34.9 Å². The zero-order valence-corrected chi connectivity index (χ0v) is 33.0. The number of phenolic OH excluding ortho intramolecular Hbond substituents is 2. The van der Waals surface area contributed by atoms with Crippen molar-refractivity contribution in [3.63, 3.8) is 0 Å². The summed E-state index contributed by atoms with van der Waals surface area (Å²) in [6.07, 6.45) is 2.38. The molecule has 1 saturated heterocycles. The van der Waals surface area contributed by atoms with Crippen LogP contribution in [-0.2, 0) is 27.7 Å². The van der Waals surface area contributed by atoms with Gasteiger partial charge in [-0.1, -0.05) is 0 Å². The lowest BCUT2D eigenvalue weighted by Gasteiger charge is -2.30. The quantitative estimate of drug-likeness (QED) is 0.146. The van der Waals surface area contributed by atoms with E-state index in [1.807, 2.05) is 0 Å². The number of piperidine rings is 1. The fraction of sp³-hybridized carbons (Fsp3) is 0.357. The molecule has 1 saturated carbocycles. The van der Waals surface area contributed by atoms with Gasteiger partial charge in [0.15, 0.2) is 23.0 Å². The maximum atomic E-state index is 14.4. The van der Waals surface area contributed by atoms with Gasteiger partial charge in [0, 0.05) is 47.6 Å². The second-order valence-electron chi connectivity index (χ2n) is 16.6. The first kappa shape index (κ1) is 36.4. The number of likely N-dealkylation sites (tertiary alicyclic amines) is 1. The van der Waals surface area contributed by atoms with E-state index in [4.69, 9.17) is 18.9 Å². The molecule has 10 rings (SSSR count). The van der Waals surface area contributed by atoms with Crippen molar-refractivity contribution in [2.24, 2.45) is 5.92 Å². The van der Waals surface area contributed by atoms with E-state index in [1.165, 1.54) is 42.1 Å². The Morgan fingerprint density at radius 2 is 1.32 bits per heavy atom. The lowest BCUT2D eigenvalue weighted by atomic mass is 9.85. The molecule has 5 N–H and O–H groups in total. The number of fused-ring (bicyclic) bond motifs is 7. The van der Waals surface area contributed by atoms with E-state index in [-0.39, 0.29) is 76.2 Å². The number of carbonyl (C=O) groups is 5. The number of amides is 3. The minimum Gasteiger partial charge on any atom is -0.503 e. The van der Waals surface area contributed by atoms with Crippen LogP contribution in [0, 0.1) is 5.92 Å². The molecule has 5 aromatic rings. The van der Waals surface area contributed by atoms with Crippen LogP contribution >= 0.6 is 0 Å². The van der Waals surface area contributed by atoms with Gasteiger partial charge < -0.3 is 53.9 Å². The molecule has 0 bridgehead atoms. The Morgan fingerprint density at radius 1 is 0.780 bits per heavy atom. The van der Waals surface area contributed by atoms with Crippen molar-refractivity contribution in [3.8, 4) is 23.0 Å². The highest BCUT2D eigenvalue weighted by Crippen LogP contribution is 2.67. The molecule has 2 aromatic carbocycles. The Hall–Kier alpha value is -6.91. The van der Waals surface area contributed by atoms with Crippen molar-refractivity contribution in [1.29, 1.82) is 0 Å². The van der Waals surface area contributed by atoms with Crippen molar-refractivity contribution in [2.75, 3.05) is 50.8 Å². The molecule has 17 heteroatoms. The second kappa shape index (κ2) is 12.1. The molecular formula is C42H40N6O11. The van der Waals surface area contributed by atoms with Gasteiger partial charge in [0.25, 0.3) is 11.8 Å². The third kappa shape index (κ3) is 4.86. The van der Waals surface area contributed by atoms with E-state index >= 15 is 0 Å². The van der Waals surface area contributed by atoms with E-state index in [2.05, 4.69) is 15.0 Å². The highest BCUT2D eigenvalue weighted by Gasteiger charge is 2.68. The molecular weight excluding hydrogens is 764 g/mol. The first-order valence-corrected chi connectivity index (χ1v) is 19.2. The number of aromatic nitrogens is 3. The molecule has 5 aliphatic rings. The average Bonchev–Trinajstić information content (AvgIpc) is 3.93. The molecule has 59 heavy (non-hydrogen) atoms. The first-order chi connectivity index (χ1) is 28.1. The monoisotopic (exact) mass is 804 g/mol.